The average molecular weight is 215 g/mol. The molecular weight excluding hydrogens is 206 g/mol. The SMILES string of the molecule is C=Cc1ccc2cc(C(=O)O)c(=O)[nH]c2c1. The Morgan fingerprint density at radius 2 is 2.12 bits per heavy atom. The van der Waals surface area contributed by atoms with Gasteiger partial charge in [0, 0.05) is 5.52 Å². The van der Waals surface area contributed by atoms with Gasteiger partial charge in [0.15, 0.2) is 0 Å². The molecule has 0 saturated heterocycles. The largest absolute Gasteiger partial charge is 0.477 e. The van der Waals surface area contributed by atoms with Gasteiger partial charge in [-0.1, -0.05) is 24.8 Å². The van der Waals surface area contributed by atoms with Gasteiger partial charge in [-0.25, -0.2) is 4.79 Å². The van der Waals surface area contributed by atoms with Crippen LogP contribution in [-0.4, -0.2) is 16.1 Å². The van der Waals surface area contributed by atoms with E-state index in [0.717, 1.165) is 5.56 Å². The molecule has 2 N–H and O–H groups in total. The highest BCUT2D eigenvalue weighted by Crippen LogP contribution is 2.14. The number of nitrogens with one attached hydrogen (secondary N) is 1. The lowest BCUT2D eigenvalue weighted by atomic mass is 10.1. The van der Waals surface area contributed by atoms with E-state index in [9.17, 15) is 9.59 Å². The Balaban J connectivity index is 2.78. The maximum absolute atomic E-state index is 11.4. The first-order chi connectivity index (χ1) is 7.61. The molecule has 0 aliphatic carbocycles. The summed E-state index contributed by atoms with van der Waals surface area (Å²) in [6.45, 7) is 3.62. The zero-order valence-corrected chi connectivity index (χ0v) is 8.36. The second-order valence-electron chi connectivity index (χ2n) is 3.37. The third kappa shape index (κ3) is 1.61. The maximum Gasteiger partial charge on any atom is 0.341 e. The summed E-state index contributed by atoms with van der Waals surface area (Å²) in [4.78, 5) is 24.7. The van der Waals surface area contributed by atoms with E-state index in [1.165, 1.54) is 6.07 Å². The molecule has 0 radical (unpaired) electrons. The Kier molecular flexibility index (Phi) is 2.32. The van der Waals surface area contributed by atoms with Crippen LogP contribution in [0.5, 0.6) is 0 Å². The summed E-state index contributed by atoms with van der Waals surface area (Å²) in [6, 6.07) is 6.66. The average Bonchev–Trinajstić information content (AvgIpc) is 2.27. The number of aromatic nitrogens is 1. The van der Waals surface area contributed by atoms with Crippen LogP contribution in [0.15, 0.2) is 35.6 Å². The predicted octanol–water partition coefficient (Wildman–Crippen LogP) is 1.87. The molecule has 0 atom stereocenters. The molecule has 0 fully saturated rings. The number of aromatic amines is 1. The molecule has 0 aliphatic heterocycles. The molecule has 0 bridgehead atoms. The van der Waals surface area contributed by atoms with Gasteiger partial charge in [0.25, 0.3) is 5.56 Å². The second kappa shape index (κ2) is 3.66. The fraction of sp³-hybridized carbons (Fsp3) is 0. The first-order valence-corrected chi connectivity index (χ1v) is 4.64. The normalized spacial score (nSPS) is 10.2. The summed E-state index contributed by atoms with van der Waals surface area (Å²) in [5.41, 5.74) is 0.624. The Hall–Kier alpha value is -2.36. The fourth-order valence-electron chi connectivity index (χ4n) is 1.50. The lowest BCUT2D eigenvalue weighted by molar-refractivity contribution is 0.0695. The van der Waals surface area contributed by atoms with Crippen molar-refractivity contribution in [2.75, 3.05) is 0 Å². The van der Waals surface area contributed by atoms with E-state index < -0.39 is 11.5 Å². The maximum atomic E-state index is 11.4. The van der Waals surface area contributed by atoms with Crippen LogP contribution in [-0.2, 0) is 0 Å². The van der Waals surface area contributed by atoms with E-state index in [1.807, 2.05) is 0 Å². The molecule has 0 amide bonds. The first kappa shape index (κ1) is 10.2. The third-order valence-electron chi connectivity index (χ3n) is 2.34. The van der Waals surface area contributed by atoms with Crippen LogP contribution < -0.4 is 5.56 Å². The van der Waals surface area contributed by atoms with E-state index in [4.69, 9.17) is 5.11 Å². The van der Waals surface area contributed by atoms with Crippen molar-refractivity contribution in [2.24, 2.45) is 0 Å². The van der Waals surface area contributed by atoms with Crippen LogP contribution in [0.25, 0.3) is 17.0 Å². The zero-order valence-electron chi connectivity index (χ0n) is 8.36. The molecule has 1 aromatic carbocycles. The van der Waals surface area contributed by atoms with E-state index >= 15 is 0 Å². The van der Waals surface area contributed by atoms with Crippen LogP contribution in [0.4, 0.5) is 0 Å². The van der Waals surface area contributed by atoms with Crippen LogP contribution in [0.1, 0.15) is 15.9 Å². The topological polar surface area (TPSA) is 70.2 Å². The molecule has 1 heterocycles. The molecule has 0 aliphatic rings. The Bertz CT molecular complexity index is 640. The summed E-state index contributed by atoms with van der Waals surface area (Å²) in [5, 5.41) is 9.47. The monoisotopic (exact) mass is 215 g/mol. The van der Waals surface area contributed by atoms with Crippen LogP contribution in [0.3, 0.4) is 0 Å². The molecule has 4 heteroatoms. The number of carboxylic acids is 1. The smallest absolute Gasteiger partial charge is 0.341 e. The fourth-order valence-corrected chi connectivity index (χ4v) is 1.50. The van der Waals surface area contributed by atoms with Crippen molar-refractivity contribution in [3.05, 3.63) is 52.3 Å². The summed E-state index contributed by atoms with van der Waals surface area (Å²) in [5.74, 6) is -1.23. The van der Waals surface area contributed by atoms with Crippen molar-refractivity contribution in [3.8, 4) is 0 Å². The molecule has 2 aromatic rings. The van der Waals surface area contributed by atoms with Gasteiger partial charge < -0.3 is 10.1 Å². The highest BCUT2D eigenvalue weighted by molar-refractivity contribution is 5.92. The van der Waals surface area contributed by atoms with Gasteiger partial charge in [-0.15, -0.1) is 0 Å². The van der Waals surface area contributed by atoms with Crippen molar-refractivity contribution in [1.29, 1.82) is 0 Å². The molecular formula is C12H9NO3. The molecule has 1 aromatic heterocycles. The number of carbonyl (C=O) groups is 1. The molecule has 4 nitrogen and oxygen atoms in total. The Morgan fingerprint density at radius 3 is 2.75 bits per heavy atom. The number of aromatic carboxylic acids is 1. The minimum absolute atomic E-state index is 0.251. The molecule has 0 spiro atoms. The minimum Gasteiger partial charge on any atom is -0.477 e. The molecule has 0 unspecified atom stereocenters. The van der Waals surface area contributed by atoms with Gasteiger partial charge in [0.05, 0.1) is 0 Å². The Morgan fingerprint density at radius 1 is 1.38 bits per heavy atom. The standard InChI is InChI=1S/C12H9NO3/c1-2-7-3-4-8-6-9(12(15)16)11(14)13-10(8)5-7/h2-6H,1H2,(H,13,14)(H,15,16). The molecule has 2 rings (SSSR count). The number of benzene rings is 1. The van der Waals surface area contributed by atoms with Gasteiger partial charge >= 0.3 is 5.97 Å². The number of pyridine rings is 1. The number of hydrogen-bond donors (Lipinski definition) is 2. The van der Waals surface area contributed by atoms with Gasteiger partial charge in [-0.2, -0.15) is 0 Å². The molecule has 80 valence electrons. The predicted molar refractivity (Wildman–Crippen MR) is 61.6 cm³/mol. The van der Waals surface area contributed by atoms with Gasteiger partial charge in [-0.3, -0.25) is 4.79 Å². The van der Waals surface area contributed by atoms with Gasteiger partial charge in [-0.05, 0) is 23.1 Å². The quantitative estimate of drug-likeness (QED) is 0.803. The van der Waals surface area contributed by atoms with E-state index in [1.54, 1.807) is 24.3 Å². The van der Waals surface area contributed by atoms with Crippen molar-refractivity contribution in [2.45, 2.75) is 0 Å². The minimum atomic E-state index is -1.23. The molecule has 16 heavy (non-hydrogen) atoms. The number of carboxylic acid groups (broad SMARTS) is 1. The lowest BCUT2D eigenvalue weighted by Gasteiger charge is -2.01. The van der Waals surface area contributed by atoms with Gasteiger partial charge in [0.2, 0.25) is 0 Å². The van der Waals surface area contributed by atoms with Crippen LogP contribution in [0, 0.1) is 0 Å². The number of rotatable bonds is 2. The highest BCUT2D eigenvalue weighted by atomic mass is 16.4. The van der Waals surface area contributed by atoms with E-state index in [2.05, 4.69) is 11.6 Å². The van der Waals surface area contributed by atoms with E-state index in [-0.39, 0.29) is 5.56 Å². The van der Waals surface area contributed by atoms with Crippen molar-refractivity contribution in [1.82, 2.24) is 4.98 Å². The number of H-pyrrole nitrogens is 1. The summed E-state index contributed by atoms with van der Waals surface area (Å²) >= 11 is 0. The second-order valence-corrected chi connectivity index (χ2v) is 3.37. The summed E-state index contributed by atoms with van der Waals surface area (Å²) in [6.07, 6.45) is 1.66. The van der Waals surface area contributed by atoms with Crippen LogP contribution >= 0.6 is 0 Å². The van der Waals surface area contributed by atoms with Crippen molar-refractivity contribution < 1.29 is 9.90 Å². The Labute approximate surface area is 90.9 Å². The molecule has 0 saturated carbocycles. The van der Waals surface area contributed by atoms with Gasteiger partial charge in [0.1, 0.15) is 5.56 Å². The third-order valence-corrected chi connectivity index (χ3v) is 2.34. The summed E-state index contributed by atoms with van der Waals surface area (Å²) < 4.78 is 0. The highest BCUT2D eigenvalue weighted by Gasteiger charge is 2.09. The van der Waals surface area contributed by atoms with Crippen LogP contribution in [0.2, 0.25) is 0 Å². The zero-order chi connectivity index (χ0) is 11.7. The lowest BCUT2D eigenvalue weighted by Crippen LogP contribution is -2.16. The number of hydrogen-bond acceptors (Lipinski definition) is 2. The first-order valence-electron chi connectivity index (χ1n) is 4.64. The van der Waals surface area contributed by atoms with E-state index in [0.29, 0.717) is 10.9 Å². The van der Waals surface area contributed by atoms with Crippen molar-refractivity contribution >= 4 is 22.9 Å². The van der Waals surface area contributed by atoms with Crippen molar-refractivity contribution in [3.63, 3.8) is 0 Å². The summed E-state index contributed by atoms with van der Waals surface area (Å²) in [7, 11) is 0. The number of fused-ring (bicyclic) bond motifs is 1.